The van der Waals surface area contributed by atoms with Gasteiger partial charge in [0.05, 0.1) is 29.7 Å². The number of hydrogen-bond donors (Lipinski definition) is 2. The molecular weight excluding hydrogens is 397 g/mol. The van der Waals surface area contributed by atoms with Crippen LogP contribution in [0.3, 0.4) is 0 Å². The largest absolute Gasteiger partial charge is 0.507 e. The number of aromatic hydroxyl groups is 1. The number of fused-ring (bicyclic) bond motifs is 1. The van der Waals surface area contributed by atoms with Gasteiger partial charge in [-0.2, -0.15) is 18.3 Å². The van der Waals surface area contributed by atoms with Crippen molar-refractivity contribution >= 4 is 11.2 Å². The van der Waals surface area contributed by atoms with Crippen LogP contribution in [0.2, 0.25) is 0 Å². The molecule has 160 valence electrons. The lowest BCUT2D eigenvalue weighted by Gasteiger charge is -2.33. The molecule has 6 nitrogen and oxygen atoms in total. The quantitative estimate of drug-likeness (QED) is 0.652. The highest BCUT2D eigenvalue weighted by Crippen LogP contribution is 2.39. The van der Waals surface area contributed by atoms with Crippen molar-refractivity contribution in [2.24, 2.45) is 11.8 Å². The second-order valence-electron chi connectivity index (χ2n) is 8.15. The predicted molar refractivity (Wildman–Crippen MR) is 105 cm³/mol. The van der Waals surface area contributed by atoms with Crippen LogP contribution in [0.15, 0.2) is 24.5 Å². The Balaban J connectivity index is 1.68. The van der Waals surface area contributed by atoms with Gasteiger partial charge in [-0.1, -0.05) is 6.92 Å². The summed E-state index contributed by atoms with van der Waals surface area (Å²) in [5, 5.41) is 24.4. The van der Waals surface area contributed by atoms with Crippen molar-refractivity contribution in [2.75, 3.05) is 6.61 Å². The van der Waals surface area contributed by atoms with E-state index < -0.39 is 17.5 Å². The first-order valence-corrected chi connectivity index (χ1v) is 9.91. The number of rotatable bonds is 3. The van der Waals surface area contributed by atoms with Crippen LogP contribution in [0.25, 0.3) is 22.4 Å². The fourth-order valence-corrected chi connectivity index (χ4v) is 4.28. The topological polar surface area (TPSA) is 84.1 Å². The Hall–Kier alpha value is -2.68. The molecule has 0 bridgehead atoms. The third-order valence-corrected chi connectivity index (χ3v) is 6.09. The van der Waals surface area contributed by atoms with Gasteiger partial charge < -0.3 is 10.2 Å². The zero-order valence-electron chi connectivity index (χ0n) is 16.7. The maximum Gasteiger partial charge on any atom is 0.416 e. The first kappa shape index (κ1) is 20.6. The predicted octanol–water partition coefficient (Wildman–Crippen LogP) is 4.50. The Kier molecular flexibility index (Phi) is 5.17. The van der Waals surface area contributed by atoms with Crippen molar-refractivity contribution in [3.8, 4) is 17.0 Å². The molecule has 30 heavy (non-hydrogen) atoms. The number of benzene rings is 1. The van der Waals surface area contributed by atoms with Gasteiger partial charge in [0.15, 0.2) is 5.65 Å². The van der Waals surface area contributed by atoms with Gasteiger partial charge in [-0.25, -0.2) is 9.97 Å². The molecular formula is C21H23F3N4O2. The number of nitrogens with zero attached hydrogens (tertiary/aromatic N) is 4. The van der Waals surface area contributed by atoms with E-state index in [4.69, 9.17) is 0 Å². The molecule has 0 saturated heterocycles. The molecule has 9 heteroatoms. The average molecular weight is 420 g/mol. The van der Waals surface area contributed by atoms with Gasteiger partial charge in [0.1, 0.15) is 11.3 Å². The molecule has 0 amide bonds. The number of halogens is 3. The highest BCUT2D eigenvalue weighted by atomic mass is 19.4. The zero-order valence-corrected chi connectivity index (χ0v) is 16.7. The molecule has 3 unspecified atom stereocenters. The lowest BCUT2D eigenvalue weighted by atomic mass is 9.78. The van der Waals surface area contributed by atoms with Crippen molar-refractivity contribution in [1.82, 2.24) is 19.7 Å². The Bertz CT molecular complexity index is 1060. The van der Waals surface area contributed by atoms with E-state index in [1.54, 1.807) is 6.20 Å². The highest BCUT2D eigenvalue weighted by Gasteiger charge is 2.32. The summed E-state index contributed by atoms with van der Waals surface area (Å²) >= 11 is 0. The molecule has 2 heterocycles. The Labute approximate surface area is 171 Å². The Morgan fingerprint density at radius 3 is 2.67 bits per heavy atom. The number of phenols is 1. The molecule has 0 radical (unpaired) electrons. The summed E-state index contributed by atoms with van der Waals surface area (Å²) in [5.41, 5.74) is 0.750. The van der Waals surface area contributed by atoms with Crippen molar-refractivity contribution < 1.29 is 23.4 Å². The zero-order chi connectivity index (χ0) is 21.6. The third-order valence-electron chi connectivity index (χ3n) is 6.09. The lowest BCUT2D eigenvalue weighted by molar-refractivity contribution is -0.137. The Morgan fingerprint density at radius 2 is 2.00 bits per heavy atom. The van der Waals surface area contributed by atoms with Crippen LogP contribution in [0.4, 0.5) is 13.2 Å². The van der Waals surface area contributed by atoms with E-state index in [9.17, 15) is 23.4 Å². The fraction of sp³-hybridized carbons (Fsp3) is 0.476. The van der Waals surface area contributed by atoms with Crippen molar-refractivity contribution in [3.05, 3.63) is 35.7 Å². The summed E-state index contributed by atoms with van der Waals surface area (Å²) in [5.74, 6) is 0.187. The molecule has 1 saturated carbocycles. The summed E-state index contributed by atoms with van der Waals surface area (Å²) in [6.07, 6.45) is 1.45. The fourth-order valence-electron chi connectivity index (χ4n) is 4.28. The maximum atomic E-state index is 13.0. The molecule has 1 aliphatic rings. The first-order valence-electron chi connectivity index (χ1n) is 9.91. The van der Waals surface area contributed by atoms with Crippen molar-refractivity contribution in [3.63, 3.8) is 0 Å². The standard InChI is InChI=1S/C21H23F3N4O2/c1-11-3-4-15(6-13(11)10-29)28-9-17-20(27-28)26-16(8-25-17)19-12(2)5-14(7-18(19)30)21(22,23)24/h5,7-9,11,13,15,29-30H,3-4,6,10H2,1-2H3. The van der Waals surface area contributed by atoms with Gasteiger partial charge in [-0.05, 0) is 55.7 Å². The Morgan fingerprint density at radius 1 is 1.23 bits per heavy atom. The van der Waals surface area contributed by atoms with Gasteiger partial charge in [0.2, 0.25) is 0 Å². The minimum Gasteiger partial charge on any atom is -0.507 e. The van der Waals surface area contributed by atoms with Crippen LogP contribution in [-0.2, 0) is 6.18 Å². The summed E-state index contributed by atoms with van der Waals surface area (Å²) in [6.45, 7) is 3.78. The molecule has 4 rings (SSSR count). The second kappa shape index (κ2) is 7.54. The van der Waals surface area contributed by atoms with E-state index in [-0.39, 0.29) is 35.4 Å². The molecule has 0 aliphatic heterocycles. The molecule has 1 aliphatic carbocycles. The van der Waals surface area contributed by atoms with E-state index in [2.05, 4.69) is 22.0 Å². The van der Waals surface area contributed by atoms with E-state index in [0.29, 0.717) is 23.1 Å². The highest BCUT2D eigenvalue weighted by molar-refractivity contribution is 5.77. The molecule has 3 atom stereocenters. The minimum absolute atomic E-state index is 0.138. The third kappa shape index (κ3) is 3.74. The van der Waals surface area contributed by atoms with Crippen LogP contribution >= 0.6 is 0 Å². The molecule has 1 aromatic carbocycles. The maximum absolute atomic E-state index is 13.0. The number of hydrogen-bond acceptors (Lipinski definition) is 5. The molecule has 0 spiro atoms. The summed E-state index contributed by atoms with van der Waals surface area (Å²) in [7, 11) is 0. The van der Waals surface area contributed by atoms with E-state index in [1.165, 1.54) is 13.1 Å². The van der Waals surface area contributed by atoms with Crippen LogP contribution in [-0.4, -0.2) is 36.6 Å². The van der Waals surface area contributed by atoms with Crippen LogP contribution < -0.4 is 0 Å². The van der Waals surface area contributed by atoms with Crippen molar-refractivity contribution in [1.29, 1.82) is 0 Å². The van der Waals surface area contributed by atoms with Gasteiger partial charge in [-0.15, -0.1) is 0 Å². The summed E-state index contributed by atoms with van der Waals surface area (Å²) in [4.78, 5) is 8.80. The summed E-state index contributed by atoms with van der Waals surface area (Å²) in [6, 6.07) is 1.82. The SMILES string of the molecule is Cc1cc(C(F)(F)F)cc(O)c1-c1cnc2cn(C3CCC(C)C(CO)C3)nc2n1. The van der Waals surface area contributed by atoms with E-state index in [1.807, 2.05) is 4.68 Å². The minimum atomic E-state index is -4.54. The molecule has 2 aromatic heterocycles. The average Bonchev–Trinajstić information content (AvgIpc) is 3.10. The first-order chi connectivity index (χ1) is 14.2. The number of phenolic OH excluding ortho intramolecular Hbond substituents is 1. The number of aliphatic hydroxyl groups is 1. The van der Waals surface area contributed by atoms with E-state index >= 15 is 0 Å². The smallest absolute Gasteiger partial charge is 0.416 e. The second-order valence-corrected chi connectivity index (χ2v) is 8.15. The van der Waals surface area contributed by atoms with Gasteiger partial charge in [-0.3, -0.25) is 4.68 Å². The lowest BCUT2D eigenvalue weighted by Crippen LogP contribution is -2.27. The van der Waals surface area contributed by atoms with Crippen LogP contribution in [0.5, 0.6) is 5.75 Å². The van der Waals surface area contributed by atoms with Gasteiger partial charge >= 0.3 is 6.18 Å². The normalized spacial score (nSPS) is 22.5. The molecule has 3 aromatic rings. The number of aromatic nitrogens is 4. The van der Waals surface area contributed by atoms with Crippen LogP contribution in [0.1, 0.15) is 43.4 Å². The van der Waals surface area contributed by atoms with E-state index in [0.717, 1.165) is 25.3 Å². The number of aliphatic hydroxyl groups excluding tert-OH is 1. The van der Waals surface area contributed by atoms with Crippen LogP contribution in [0, 0.1) is 18.8 Å². The number of alkyl halides is 3. The summed E-state index contributed by atoms with van der Waals surface area (Å²) < 4.78 is 40.8. The number of aryl methyl sites for hydroxylation is 1. The van der Waals surface area contributed by atoms with Gasteiger partial charge in [0.25, 0.3) is 0 Å². The van der Waals surface area contributed by atoms with Crippen molar-refractivity contribution in [2.45, 2.75) is 45.3 Å². The molecule has 1 fully saturated rings. The van der Waals surface area contributed by atoms with Gasteiger partial charge in [0, 0.05) is 12.2 Å². The monoisotopic (exact) mass is 420 g/mol. The molecule has 2 N–H and O–H groups in total.